The van der Waals surface area contributed by atoms with E-state index in [4.69, 9.17) is 5.73 Å². The molecule has 3 nitrogen and oxygen atoms in total. The van der Waals surface area contributed by atoms with Crippen LogP contribution in [0.25, 0.3) is 0 Å². The summed E-state index contributed by atoms with van der Waals surface area (Å²) in [6.07, 6.45) is -2.49. The summed E-state index contributed by atoms with van der Waals surface area (Å²) in [6, 6.07) is 0. The lowest BCUT2D eigenvalue weighted by molar-refractivity contribution is -0.184. The Labute approximate surface area is 131 Å². The van der Waals surface area contributed by atoms with Gasteiger partial charge in [0.25, 0.3) is 0 Å². The van der Waals surface area contributed by atoms with Gasteiger partial charge in [0, 0.05) is 18.5 Å². The first-order valence-corrected chi connectivity index (χ1v) is 8.03. The van der Waals surface area contributed by atoms with Crippen LogP contribution < -0.4 is 5.73 Å². The highest BCUT2D eigenvalue weighted by Crippen LogP contribution is 2.41. The number of aryl methyl sites for hydroxylation is 2. The standard InChI is InChI=1S/C14H21BrF3N3/c1-3-21-11(12(15)9(2)20-21)8-13(19)6-4-10(5-7-13)14(16,17)18/h10H,3-8,19H2,1-2H3. The Hall–Kier alpha value is -0.560. The van der Waals surface area contributed by atoms with Crippen LogP contribution in [0, 0.1) is 12.8 Å². The molecule has 0 bridgehead atoms. The second-order valence-electron chi connectivity index (χ2n) is 6.02. The zero-order valence-corrected chi connectivity index (χ0v) is 13.9. The molecule has 21 heavy (non-hydrogen) atoms. The maximum Gasteiger partial charge on any atom is 0.391 e. The Morgan fingerprint density at radius 1 is 1.38 bits per heavy atom. The fourth-order valence-corrected chi connectivity index (χ4v) is 3.49. The van der Waals surface area contributed by atoms with Gasteiger partial charge in [0.15, 0.2) is 0 Å². The number of hydrogen-bond acceptors (Lipinski definition) is 2. The first-order valence-electron chi connectivity index (χ1n) is 7.23. The van der Waals surface area contributed by atoms with Crippen LogP contribution in [0.2, 0.25) is 0 Å². The second kappa shape index (κ2) is 5.91. The van der Waals surface area contributed by atoms with Crippen LogP contribution in [0.1, 0.15) is 44.0 Å². The van der Waals surface area contributed by atoms with Crippen molar-refractivity contribution in [3.8, 4) is 0 Å². The minimum absolute atomic E-state index is 0.122. The average Bonchev–Trinajstić information content (AvgIpc) is 2.65. The highest BCUT2D eigenvalue weighted by Gasteiger charge is 2.44. The van der Waals surface area contributed by atoms with Crippen LogP contribution in [0.4, 0.5) is 13.2 Å². The lowest BCUT2D eigenvalue weighted by Gasteiger charge is -2.38. The Kier molecular flexibility index (Phi) is 4.73. The molecule has 1 aromatic rings. The number of hydrogen-bond donors (Lipinski definition) is 1. The number of aromatic nitrogens is 2. The Bertz CT molecular complexity index is 502. The SMILES string of the molecule is CCn1nc(C)c(Br)c1CC1(N)CCC(C(F)(F)F)CC1. The lowest BCUT2D eigenvalue weighted by atomic mass is 9.74. The smallest absolute Gasteiger partial charge is 0.325 e. The lowest BCUT2D eigenvalue weighted by Crippen LogP contribution is -2.47. The van der Waals surface area contributed by atoms with Crippen LogP contribution in [-0.4, -0.2) is 21.5 Å². The van der Waals surface area contributed by atoms with Crippen LogP contribution in [0.5, 0.6) is 0 Å². The van der Waals surface area contributed by atoms with Gasteiger partial charge in [0.2, 0.25) is 0 Å². The van der Waals surface area contributed by atoms with E-state index in [1.807, 2.05) is 18.5 Å². The Morgan fingerprint density at radius 3 is 2.43 bits per heavy atom. The van der Waals surface area contributed by atoms with E-state index in [1.165, 1.54) is 0 Å². The first kappa shape index (κ1) is 16.8. The van der Waals surface area contributed by atoms with E-state index in [2.05, 4.69) is 21.0 Å². The van der Waals surface area contributed by atoms with Gasteiger partial charge in [-0.1, -0.05) is 0 Å². The molecule has 7 heteroatoms. The van der Waals surface area contributed by atoms with Gasteiger partial charge < -0.3 is 5.73 Å². The third kappa shape index (κ3) is 3.62. The molecule has 1 aliphatic rings. The zero-order valence-electron chi connectivity index (χ0n) is 12.3. The molecule has 2 N–H and O–H groups in total. The van der Waals surface area contributed by atoms with Crippen molar-refractivity contribution in [3.05, 3.63) is 15.9 Å². The fourth-order valence-electron chi connectivity index (χ4n) is 3.07. The summed E-state index contributed by atoms with van der Waals surface area (Å²) in [4.78, 5) is 0. The maximum absolute atomic E-state index is 12.7. The van der Waals surface area contributed by atoms with E-state index in [0.29, 0.717) is 19.3 Å². The van der Waals surface area contributed by atoms with Gasteiger partial charge in [-0.25, -0.2) is 0 Å². The summed E-state index contributed by atoms with van der Waals surface area (Å²) >= 11 is 3.52. The highest BCUT2D eigenvalue weighted by molar-refractivity contribution is 9.10. The van der Waals surface area contributed by atoms with Crippen molar-refractivity contribution in [2.45, 2.75) is 64.2 Å². The second-order valence-corrected chi connectivity index (χ2v) is 6.81. The van der Waals surface area contributed by atoms with Crippen LogP contribution in [0.15, 0.2) is 4.47 Å². The normalized spacial score (nSPS) is 27.1. The van der Waals surface area contributed by atoms with E-state index in [-0.39, 0.29) is 12.8 Å². The van der Waals surface area contributed by atoms with E-state index >= 15 is 0 Å². The van der Waals surface area contributed by atoms with Crippen molar-refractivity contribution in [2.24, 2.45) is 11.7 Å². The molecule has 0 saturated heterocycles. The Balaban J connectivity index is 2.10. The van der Waals surface area contributed by atoms with Crippen molar-refractivity contribution in [3.63, 3.8) is 0 Å². The zero-order chi connectivity index (χ0) is 15.8. The van der Waals surface area contributed by atoms with E-state index in [0.717, 1.165) is 22.4 Å². The largest absolute Gasteiger partial charge is 0.391 e. The predicted molar refractivity (Wildman–Crippen MR) is 79.0 cm³/mol. The Morgan fingerprint density at radius 2 is 1.95 bits per heavy atom. The molecule has 0 aromatic carbocycles. The molecule has 2 rings (SSSR count). The summed E-state index contributed by atoms with van der Waals surface area (Å²) in [5.41, 5.74) is 7.68. The average molecular weight is 368 g/mol. The van der Waals surface area contributed by atoms with Crippen molar-refractivity contribution in [2.75, 3.05) is 0 Å². The van der Waals surface area contributed by atoms with Crippen LogP contribution >= 0.6 is 15.9 Å². The molecular weight excluding hydrogens is 347 g/mol. The van der Waals surface area contributed by atoms with Gasteiger partial charge in [-0.15, -0.1) is 0 Å². The number of rotatable bonds is 3. The minimum Gasteiger partial charge on any atom is -0.325 e. The van der Waals surface area contributed by atoms with E-state index in [9.17, 15) is 13.2 Å². The van der Waals surface area contributed by atoms with Gasteiger partial charge in [0.05, 0.1) is 21.8 Å². The number of nitrogens with zero attached hydrogens (tertiary/aromatic N) is 2. The summed E-state index contributed by atoms with van der Waals surface area (Å²) in [7, 11) is 0. The van der Waals surface area contributed by atoms with Gasteiger partial charge in [-0.3, -0.25) is 4.68 Å². The molecule has 0 amide bonds. The third-order valence-electron chi connectivity index (χ3n) is 4.42. The molecule has 0 radical (unpaired) electrons. The highest BCUT2D eigenvalue weighted by atomic mass is 79.9. The van der Waals surface area contributed by atoms with E-state index < -0.39 is 17.6 Å². The molecule has 120 valence electrons. The molecule has 0 aliphatic heterocycles. The molecule has 0 atom stereocenters. The number of alkyl halides is 3. The summed E-state index contributed by atoms with van der Waals surface area (Å²) in [5, 5.41) is 4.41. The van der Waals surface area contributed by atoms with E-state index in [1.54, 1.807) is 0 Å². The summed E-state index contributed by atoms with van der Waals surface area (Å²) in [6.45, 7) is 4.62. The van der Waals surface area contributed by atoms with Gasteiger partial charge >= 0.3 is 6.18 Å². The van der Waals surface area contributed by atoms with Crippen molar-refractivity contribution >= 4 is 15.9 Å². The van der Waals surface area contributed by atoms with Gasteiger partial charge in [-0.2, -0.15) is 18.3 Å². The minimum atomic E-state index is -4.09. The van der Waals surface area contributed by atoms with Gasteiger partial charge in [0.1, 0.15) is 0 Å². The first-order chi connectivity index (χ1) is 9.66. The van der Waals surface area contributed by atoms with Crippen molar-refractivity contribution in [1.82, 2.24) is 9.78 Å². The van der Waals surface area contributed by atoms with Crippen molar-refractivity contribution in [1.29, 1.82) is 0 Å². The maximum atomic E-state index is 12.7. The molecule has 0 spiro atoms. The van der Waals surface area contributed by atoms with Crippen LogP contribution in [-0.2, 0) is 13.0 Å². The summed E-state index contributed by atoms with van der Waals surface area (Å²) in [5.74, 6) is -1.20. The predicted octanol–water partition coefficient (Wildman–Crippen LogP) is 3.97. The van der Waals surface area contributed by atoms with Gasteiger partial charge in [-0.05, 0) is 55.5 Å². The molecule has 0 unspecified atom stereocenters. The molecule has 1 saturated carbocycles. The molecule has 1 heterocycles. The molecular formula is C14H21BrF3N3. The molecule has 1 aromatic heterocycles. The number of halogens is 4. The molecule has 1 fully saturated rings. The van der Waals surface area contributed by atoms with Crippen LogP contribution in [0.3, 0.4) is 0 Å². The van der Waals surface area contributed by atoms with Crippen molar-refractivity contribution < 1.29 is 13.2 Å². The molecule has 1 aliphatic carbocycles. The third-order valence-corrected chi connectivity index (χ3v) is 5.45. The summed E-state index contributed by atoms with van der Waals surface area (Å²) < 4.78 is 41.0. The fraction of sp³-hybridized carbons (Fsp3) is 0.786. The monoisotopic (exact) mass is 367 g/mol. The number of nitrogens with two attached hydrogens (primary N) is 1. The topological polar surface area (TPSA) is 43.8 Å². The quantitative estimate of drug-likeness (QED) is 0.878.